The summed E-state index contributed by atoms with van der Waals surface area (Å²) >= 11 is 0. The number of carbonyl (C=O) groups excluding carboxylic acids is 1. The Hall–Kier alpha value is -1.46. The molecule has 1 aliphatic rings. The third-order valence-electron chi connectivity index (χ3n) is 3.45. The molecule has 1 aromatic rings. The number of nitrogens with one attached hydrogen (secondary N) is 1. The first-order valence-corrected chi connectivity index (χ1v) is 6.43. The van der Waals surface area contributed by atoms with Gasteiger partial charge in [0.05, 0.1) is 5.60 Å². The summed E-state index contributed by atoms with van der Waals surface area (Å²) in [6.45, 7) is 3.84. The lowest BCUT2D eigenvalue weighted by atomic mass is 10.0. The second kappa shape index (κ2) is 5.67. The summed E-state index contributed by atoms with van der Waals surface area (Å²) in [6.07, 6.45) is 2.06. The highest BCUT2D eigenvalue weighted by molar-refractivity contribution is 5.92. The lowest BCUT2D eigenvalue weighted by molar-refractivity contribution is 0.0206. The summed E-state index contributed by atoms with van der Waals surface area (Å²) in [5.41, 5.74) is 5.77. The van der Waals surface area contributed by atoms with Crippen molar-refractivity contribution in [1.29, 1.82) is 0 Å². The lowest BCUT2D eigenvalue weighted by Crippen LogP contribution is -2.37. The maximum atomic E-state index is 13.6. The van der Waals surface area contributed by atoms with E-state index in [-0.39, 0.29) is 11.4 Å². The fourth-order valence-electron chi connectivity index (χ4n) is 2.30. The Labute approximate surface area is 112 Å². The highest BCUT2D eigenvalue weighted by Gasteiger charge is 2.29. The van der Waals surface area contributed by atoms with Gasteiger partial charge in [-0.05, 0) is 38.0 Å². The Bertz CT molecular complexity index is 471. The fraction of sp³-hybridized carbons (Fsp3) is 0.500. The molecule has 3 N–H and O–H groups in total. The van der Waals surface area contributed by atoms with Crippen molar-refractivity contribution in [1.82, 2.24) is 5.32 Å². The Morgan fingerprint density at radius 3 is 3.00 bits per heavy atom. The molecule has 1 aromatic carbocycles. The molecule has 1 atom stereocenters. The number of rotatable bonds is 5. The molecule has 1 heterocycles. The Kier molecular flexibility index (Phi) is 4.17. The molecule has 5 heteroatoms. The van der Waals surface area contributed by atoms with Gasteiger partial charge in [0.2, 0.25) is 5.91 Å². The van der Waals surface area contributed by atoms with E-state index in [0.717, 1.165) is 19.4 Å². The van der Waals surface area contributed by atoms with Gasteiger partial charge in [-0.2, -0.15) is 0 Å². The first kappa shape index (κ1) is 14.0. The van der Waals surface area contributed by atoms with Gasteiger partial charge in [-0.15, -0.1) is 0 Å². The van der Waals surface area contributed by atoms with E-state index in [1.54, 1.807) is 0 Å². The molecule has 1 aliphatic heterocycles. The molecule has 4 nitrogen and oxygen atoms in total. The van der Waals surface area contributed by atoms with Crippen LogP contribution in [0.4, 0.5) is 4.39 Å². The van der Waals surface area contributed by atoms with Gasteiger partial charge >= 0.3 is 0 Å². The molecule has 104 valence electrons. The van der Waals surface area contributed by atoms with Gasteiger partial charge in [0.1, 0.15) is 5.82 Å². The van der Waals surface area contributed by atoms with E-state index in [4.69, 9.17) is 10.5 Å². The minimum absolute atomic E-state index is 0.169. The van der Waals surface area contributed by atoms with Gasteiger partial charge in [-0.3, -0.25) is 4.79 Å². The molecule has 0 saturated carbocycles. The lowest BCUT2D eigenvalue weighted by Gasteiger charge is -2.23. The van der Waals surface area contributed by atoms with Gasteiger partial charge in [0.25, 0.3) is 0 Å². The number of hydrogen-bond donors (Lipinski definition) is 2. The molecule has 2 rings (SSSR count). The average molecular weight is 266 g/mol. The number of carbonyl (C=O) groups is 1. The van der Waals surface area contributed by atoms with Crippen LogP contribution in [0.15, 0.2) is 18.2 Å². The number of primary amides is 1. The number of nitrogens with two attached hydrogens (primary N) is 1. The largest absolute Gasteiger partial charge is 0.374 e. The summed E-state index contributed by atoms with van der Waals surface area (Å²) in [5.74, 6) is -0.887. The summed E-state index contributed by atoms with van der Waals surface area (Å²) in [7, 11) is 0. The Morgan fingerprint density at radius 1 is 1.58 bits per heavy atom. The van der Waals surface area contributed by atoms with Gasteiger partial charge in [0, 0.05) is 30.8 Å². The SMILES string of the molecule is CC1(CNCc2cc(C(N)=O)ccc2F)CCCO1. The van der Waals surface area contributed by atoms with Crippen molar-refractivity contribution in [2.45, 2.75) is 31.9 Å². The van der Waals surface area contributed by atoms with Crippen LogP contribution < -0.4 is 11.1 Å². The normalized spacial score (nSPS) is 22.6. The third kappa shape index (κ3) is 3.52. The molecule has 1 saturated heterocycles. The summed E-state index contributed by atoms with van der Waals surface area (Å²) in [4.78, 5) is 11.1. The average Bonchev–Trinajstić information content (AvgIpc) is 2.78. The number of hydrogen-bond acceptors (Lipinski definition) is 3. The van der Waals surface area contributed by atoms with Crippen molar-refractivity contribution in [3.05, 3.63) is 35.1 Å². The van der Waals surface area contributed by atoms with Crippen LogP contribution in [0, 0.1) is 5.82 Å². The van der Waals surface area contributed by atoms with Crippen molar-refractivity contribution in [2.24, 2.45) is 5.73 Å². The molecule has 0 aliphatic carbocycles. The van der Waals surface area contributed by atoms with Crippen LogP contribution in [0.3, 0.4) is 0 Å². The van der Waals surface area contributed by atoms with Crippen LogP contribution in [0.25, 0.3) is 0 Å². The van der Waals surface area contributed by atoms with Crippen LogP contribution in [0.2, 0.25) is 0 Å². The minimum Gasteiger partial charge on any atom is -0.374 e. The van der Waals surface area contributed by atoms with Crippen molar-refractivity contribution < 1.29 is 13.9 Å². The van der Waals surface area contributed by atoms with E-state index >= 15 is 0 Å². The van der Waals surface area contributed by atoms with Crippen LogP contribution in [0.1, 0.15) is 35.7 Å². The smallest absolute Gasteiger partial charge is 0.248 e. The monoisotopic (exact) mass is 266 g/mol. The Balaban J connectivity index is 1.95. The molecular formula is C14H19FN2O2. The highest BCUT2D eigenvalue weighted by atomic mass is 19.1. The zero-order valence-corrected chi connectivity index (χ0v) is 11.0. The van der Waals surface area contributed by atoms with Crippen molar-refractivity contribution in [3.8, 4) is 0 Å². The summed E-state index contributed by atoms with van der Waals surface area (Å²) in [5, 5.41) is 3.17. The molecular weight excluding hydrogens is 247 g/mol. The molecule has 1 fully saturated rings. The van der Waals surface area contributed by atoms with Crippen LogP contribution in [-0.4, -0.2) is 24.7 Å². The van der Waals surface area contributed by atoms with Gasteiger partial charge in [-0.25, -0.2) is 4.39 Å². The molecule has 0 spiro atoms. The van der Waals surface area contributed by atoms with E-state index in [9.17, 15) is 9.18 Å². The molecule has 0 bridgehead atoms. The van der Waals surface area contributed by atoms with Gasteiger partial charge in [-0.1, -0.05) is 0 Å². The third-order valence-corrected chi connectivity index (χ3v) is 3.45. The zero-order valence-electron chi connectivity index (χ0n) is 11.0. The first-order valence-electron chi connectivity index (χ1n) is 6.43. The molecule has 0 aromatic heterocycles. The molecule has 0 radical (unpaired) electrons. The number of ether oxygens (including phenoxy) is 1. The van der Waals surface area contributed by atoms with Crippen LogP contribution in [-0.2, 0) is 11.3 Å². The minimum atomic E-state index is -0.549. The zero-order chi connectivity index (χ0) is 13.9. The second-order valence-corrected chi connectivity index (χ2v) is 5.18. The van der Waals surface area contributed by atoms with E-state index in [0.29, 0.717) is 24.2 Å². The van der Waals surface area contributed by atoms with Gasteiger partial charge < -0.3 is 15.8 Å². The quantitative estimate of drug-likeness (QED) is 0.850. The van der Waals surface area contributed by atoms with Crippen molar-refractivity contribution in [3.63, 3.8) is 0 Å². The molecule has 19 heavy (non-hydrogen) atoms. The first-order chi connectivity index (χ1) is 9.00. The van der Waals surface area contributed by atoms with E-state index in [1.165, 1.54) is 18.2 Å². The van der Waals surface area contributed by atoms with E-state index < -0.39 is 5.91 Å². The van der Waals surface area contributed by atoms with Crippen LogP contribution >= 0.6 is 0 Å². The van der Waals surface area contributed by atoms with E-state index in [2.05, 4.69) is 5.32 Å². The predicted octanol–water partition coefficient (Wildman–Crippen LogP) is 1.58. The van der Waals surface area contributed by atoms with Crippen molar-refractivity contribution in [2.75, 3.05) is 13.2 Å². The van der Waals surface area contributed by atoms with Gasteiger partial charge in [0.15, 0.2) is 0 Å². The maximum absolute atomic E-state index is 13.6. The van der Waals surface area contributed by atoms with Crippen molar-refractivity contribution >= 4 is 5.91 Å². The number of halogens is 1. The standard InChI is InChI=1S/C14H19FN2O2/c1-14(5-2-6-19-14)9-17-8-11-7-10(13(16)18)3-4-12(11)15/h3-4,7,17H,2,5-6,8-9H2,1H3,(H2,16,18). The fourth-order valence-corrected chi connectivity index (χ4v) is 2.30. The topological polar surface area (TPSA) is 64.3 Å². The highest BCUT2D eigenvalue weighted by Crippen LogP contribution is 2.24. The number of benzene rings is 1. The summed E-state index contributed by atoms with van der Waals surface area (Å²) < 4.78 is 19.2. The predicted molar refractivity (Wildman–Crippen MR) is 70.2 cm³/mol. The molecule has 1 amide bonds. The maximum Gasteiger partial charge on any atom is 0.248 e. The Morgan fingerprint density at radius 2 is 2.37 bits per heavy atom. The number of amides is 1. The second-order valence-electron chi connectivity index (χ2n) is 5.18. The van der Waals surface area contributed by atoms with E-state index in [1.807, 2.05) is 6.92 Å². The van der Waals surface area contributed by atoms with Crippen LogP contribution in [0.5, 0.6) is 0 Å². The molecule has 1 unspecified atom stereocenters. The summed E-state index contributed by atoms with van der Waals surface area (Å²) in [6, 6.07) is 4.15.